The molecule has 1 heterocycles. The Kier molecular flexibility index (Phi) is 7.86. The SMILES string of the molecule is COCCn1cc(C(=O)NCCc2cccc(OC)c2)c(=O)n(-c2cccc(Cl)c2)c1=O. The molecule has 0 atom stereocenters. The van der Waals surface area contributed by atoms with E-state index in [1.165, 1.54) is 23.9 Å². The molecule has 1 N–H and O–H groups in total. The Labute approximate surface area is 190 Å². The van der Waals surface area contributed by atoms with Crippen molar-refractivity contribution in [1.82, 2.24) is 14.5 Å². The van der Waals surface area contributed by atoms with Gasteiger partial charge in [0.15, 0.2) is 0 Å². The van der Waals surface area contributed by atoms with Crippen LogP contribution in [0.5, 0.6) is 5.75 Å². The van der Waals surface area contributed by atoms with E-state index >= 15 is 0 Å². The van der Waals surface area contributed by atoms with Gasteiger partial charge in [0.2, 0.25) is 0 Å². The minimum Gasteiger partial charge on any atom is -0.497 e. The molecular formula is C23H24ClN3O5. The third-order valence-corrected chi connectivity index (χ3v) is 5.07. The molecule has 3 aromatic rings. The Balaban J connectivity index is 1.90. The summed E-state index contributed by atoms with van der Waals surface area (Å²) in [5.74, 6) is 0.156. The second-order valence-corrected chi connectivity index (χ2v) is 7.43. The van der Waals surface area contributed by atoms with Crippen LogP contribution >= 0.6 is 11.6 Å². The summed E-state index contributed by atoms with van der Waals surface area (Å²) in [5.41, 5.74) is -0.186. The fraction of sp³-hybridized carbons (Fsp3) is 0.261. The van der Waals surface area contributed by atoms with Crippen LogP contribution in [0.1, 0.15) is 15.9 Å². The second kappa shape index (κ2) is 10.8. The molecular weight excluding hydrogens is 434 g/mol. The predicted octanol–water partition coefficient (Wildman–Crippen LogP) is 2.28. The zero-order valence-corrected chi connectivity index (χ0v) is 18.6. The average molecular weight is 458 g/mol. The lowest BCUT2D eigenvalue weighted by molar-refractivity contribution is 0.0950. The van der Waals surface area contributed by atoms with Crippen LogP contribution in [0.15, 0.2) is 64.3 Å². The lowest BCUT2D eigenvalue weighted by atomic mass is 10.1. The van der Waals surface area contributed by atoms with Gasteiger partial charge in [-0.05, 0) is 42.3 Å². The van der Waals surface area contributed by atoms with Crippen LogP contribution in [0.4, 0.5) is 0 Å². The van der Waals surface area contributed by atoms with E-state index in [-0.39, 0.29) is 24.4 Å². The number of ether oxygens (including phenoxy) is 2. The van der Waals surface area contributed by atoms with Crippen molar-refractivity contribution in [3.05, 3.63) is 91.7 Å². The minimum atomic E-state index is -0.718. The highest BCUT2D eigenvalue weighted by Gasteiger charge is 2.18. The highest BCUT2D eigenvalue weighted by Crippen LogP contribution is 2.13. The van der Waals surface area contributed by atoms with Gasteiger partial charge in [-0.2, -0.15) is 0 Å². The Morgan fingerprint density at radius 1 is 1.09 bits per heavy atom. The van der Waals surface area contributed by atoms with E-state index in [1.807, 2.05) is 24.3 Å². The van der Waals surface area contributed by atoms with Crippen molar-refractivity contribution in [2.75, 3.05) is 27.4 Å². The van der Waals surface area contributed by atoms with Crippen molar-refractivity contribution in [3.63, 3.8) is 0 Å². The minimum absolute atomic E-state index is 0.147. The molecule has 3 rings (SSSR count). The molecule has 0 aliphatic rings. The van der Waals surface area contributed by atoms with Crippen molar-refractivity contribution in [3.8, 4) is 11.4 Å². The molecule has 0 radical (unpaired) electrons. The molecule has 0 fully saturated rings. The molecule has 0 saturated carbocycles. The smallest absolute Gasteiger partial charge is 0.335 e. The van der Waals surface area contributed by atoms with E-state index in [4.69, 9.17) is 21.1 Å². The Bertz CT molecular complexity index is 1220. The second-order valence-electron chi connectivity index (χ2n) is 6.99. The largest absolute Gasteiger partial charge is 0.497 e. The van der Waals surface area contributed by atoms with Gasteiger partial charge in [-0.15, -0.1) is 0 Å². The molecule has 0 bridgehead atoms. The number of aromatic nitrogens is 2. The summed E-state index contributed by atoms with van der Waals surface area (Å²) in [5, 5.41) is 3.12. The third-order valence-electron chi connectivity index (χ3n) is 4.84. The number of carbonyl (C=O) groups is 1. The molecule has 8 nitrogen and oxygen atoms in total. The van der Waals surface area contributed by atoms with Gasteiger partial charge in [0.1, 0.15) is 11.3 Å². The molecule has 0 saturated heterocycles. The normalized spacial score (nSPS) is 10.7. The number of methoxy groups -OCH3 is 2. The van der Waals surface area contributed by atoms with E-state index in [0.717, 1.165) is 15.9 Å². The van der Waals surface area contributed by atoms with Crippen molar-refractivity contribution in [2.24, 2.45) is 0 Å². The summed E-state index contributed by atoms with van der Waals surface area (Å²) in [6.07, 6.45) is 1.82. The van der Waals surface area contributed by atoms with Gasteiger partial charge in [-0.1, -0.05) is 29.8 Å². The summed E-state index contributed by atoms with van der Waals surface area (Å²) >= 11 is 6.04. The van der Waals surface area contributed by atoms with Crippen LogP contribution in [0.3, 0.4) is 0 Å². The first-order valence-electron chi connectivity index (χ1n) is 9.97. The van der Waals surface area contributed by atoms with Gasteiger partial charge >= 0.3 is 5.69 Å². The van der Waals surface area contributed by atoms with Crippen LogP contribution in [0.2, 0.25) is 5.02 Å². The molecule has 0 spiro atoms. The van der Waals surface area contributed by atoms with Gasteiger partial charge in [-0.25, -0.2) is 9.36 Å². The number of hydrogen-bond acceptors (Lipinski definition) is 5. The highest BCUT2D eigenvalue weighted by atomic mass is 35.5. The number of nitrogens with one attached hydrogen (secondary N) is 1. The van der Waals surface area contributed by atoms with Crippen LogP contribution in [0, 0.1) is 0 Å². The maximum atomic E-state index is 13.1. The van der Waals surface area contributed by atoms with E-state index in [1.54, 1.807) is 25.3 Å². The predicted molar refractivity (Wildman–Crippen MR) is 122 cm³/mol. The van der Waals surface area contributed by atoms with E-state index < -0.39 is 17.2 Å². The molecule has 2 aromatic carbocycles. The molecule has 1 aromatic heterocycles. The number of hydrogen-bond donors (Lipinski definition) is 1. The van der Waals surface area contributed by atoms with Gasteiger partial charge in [-0.3, -0.25) is 14.2 Å². The quantitative estimate of drug-likeness (QED) is 0.532. The van der Waals surface area contributed by atoms with Gasteiger partial charge < -0.3 is 14.8 Å². The van der Waals surface area contributed by atoms with E-state index in [0.29, 0.717) is 18.0 Å². The molecule has 0 aliphatic heterocycles. The summed E-state index contributed by atoms with van der Waals surface area (Å²) in [6, 6.07) is 13.8. The number of carbonyl (C=O) groups excluding carboxylic acids is 1. The molecule has 168 valence electrons. The van der Waals surface area contributed by atoms with Crippen LogP contribution < -0.4 is 21.3 Å². The zero-order valence-electron chi connectivity index (χ0n) is 17.8. The van der Waals surface area contributed by atoms with Gasteiger partial charge in [0, 0.05) is 24.9 Å². The molecule has 0 aliphatic carbocycles. The van der Waals surface area contributed by atoms with Crippen molar-refractivity contribution < 1.29 is 14.3 Å². The van der Waals surface area contributed by atoms with Gasteiger partial charge in [0.05, 0.1) is 25.9 Å². The number of amides is 1. The Morgan fingerprint density at radius 2 is 1.88 bits per heavy atom. The van der Waals surface area contributed by atoms with Crippen LogP contribution in [-0.2, 0) is 17.7 Å². The summed E-state index contributed by atoms with van der Waals surface area (Å²) in [7, 11) is 3.09. The number of nitrogens with zero attached hydrogens (tertiary/aromatic N) is 2. The first-order valence-corrected chi connectivity index (χ1v) is 10.3. The van der Waals surface area contributed by atoms with Crippen LogP contribution in [-0.4, -0.2) is 42.4 Å². The average Bonchev–Trinajstić information content (AvgIpc) is 2.79. The first-order chi connectivity index (χ1) is 15.4. The fourth-order valence-electron chi connectivity index (χ4n) is 3.19. The lowest BCUT2D eigenvalue weighted by Gasteiger charge is -2.13. The Morgan fingerprint density at radius 3 is 2.59 bits per heavy atom. The molecule has 1 amide bonds. The summed E-state index contributed by atoms with van der Waals surface area (Å²) in [6.45, 7) is 0.727. The molecule has 9 heteroatoms. The van der Waals surface area contributed by atoms with Gasteiger partial charge in [0.25, 0.3) is 11.5 Å². The fourth-order valence-corrected chi connectivity index (χ4v) is 3.38. The van der Waals surface area contributed by atoms with Crippen molar-refractivity contribution in [2.45, 2.75) is 13.0 Å². The Hall–Kier alpha value is -3.36. The third kappa shape index (κ3) is 5.46. The van der Waals surface area contributed by atoms with Crippen molar-refractivity contribution >= 4 is 17.5 Å². The monoisotopic (exact) mass is 457 g/mol. The van der Waals surface area contributed by atoms with Crippen LogP contribution in [0.25, 0.3) is 5.69 Å². The lowest BCUT2D eigenvalue weighted by Crippen LogP contribution is -2.43. The summed E-state index contributed by atoms with van der Waals surface area (Å²) in [4.78, 5) is 38.9. The standard InChI is InChI=1S/C23H24ClN3O5/c1-31-12-11-26-15-20(21(28)25-10-9-16-5-3-8-19(13-16)32-2)22(29)27(23(26)30)18-7-4-6-17(24)14-18/h3-8,13-15H,9-12H2,1-2H3,(H,25,28). The number of rotatable bonds is 9. The summed E-state index contributed by atoms with van der Waals surface area (Å²) < 4.78 is 12.5. The number of halogens is 1. The highest BCUT2D eigenvalue weighted by molar-refractivity contribution is 6.30. The van der Waals surface area contributed by atoms with E-state index in [2.05, 4.69) is 5.32 Å². The first kappa shape index (κ1) is 23.3. The number of benzene rings is 2. The topological polar surface area (TPSA) is 91.6 Å². The molecule has 0 unspecified atom stereocenters. The van der Waals surface area contributed by atoms with Crippen molar-refractivity contribution in [1.29, 1.82) is 0 Å². The molecule has 32 heavy (non-hydrogen) atoms. The zero-order chi connectivity index (χ0) is 23.1. The van der Waals surface area contributed by atoms with E-state index in [9.17, 15) is 14.4 Å². The maximum absolute atomic E-state index is 13.1. The maximum Gasteiger partial charge on any atom is 0.335 e.